The first-order valence-corrected chi connectivity index (χ1v) is 7.70. The second-order valence-corrected chi connectivity index (χ2v) is 6.19. The summed E-state index contributed by atoms with van der Waals surface area (Å²) in [4.78, 5) is 0. The second-order valence-electron chi connectivity index (χ2n) is 5.33. The lowest BCUT2D eigenvalue weighted by atomic mass is 9.72. The van der Waals surface area contributed by atoms with Gasteiger partial charge in [-0.25, -0.2) is 0 Å². The zero-order valence-corrected chi connectivity index (χ0v) is 13.6. The Balaban J connectivity index is 2.61. The summed E-state index contributed by atoms with van der Waals surface area (Å²) >= 11 is 3.36. The van der Waals surface area contributed by atoms with E-state index in [-0.39, 0.29) is 17.8 Å². The van der Waals surface area contributed by atoms with Crippen LogP contribution in [0.25, 0.3) is 0 Å². The highest BCUT2D eigenvalue weighted by atomic mass is 79.9. The molecule has 2 rings (SSSR count). The Hall–Kier alpha value is -1.36. The van der Waals surface area contributed by atoms with Crippen molar-refractivity contribution >= 4 is 15.9 Å². The predicted octanol–water partition coefficient (Wildman–Crippen LogP) is 3.30. The van der Waals surface area contributed by atoms with Crippen molar-refractivity contribution in [3.8, 4) is 5.75 Å². The minimum Gasteiger partial charge on any atom is -0.507 e. The van der Waals surface area contributed by atoms with Gasteiger partial charge in [0.25, 0.3) is 0 Å². The second kappa shape index (κ2) is 6.60. The number of halogens is 1. The molecule has 0 saturated heterocycles. The van der Waals surface area contributed by atoms with Crippen molar-refractivity contribution in [2.75, 3.05) is 6.61 Å². The van der Waals surface area contributed by atoms with Crippen molar-refractivity contribution in [3.05, 3.63) is 63.6 Å². The Kier molecular flexibility index (Phi) is 5.04. The third kappa shape index (κ3) is 3.12. The molecule has 3 nitrogen and oxygen atoms in total. The van der Waals surface area contributed by atoms with E-state index in [1.807, 2.05) is 30.3 Å². The van der Waals surface area contributed by atoms with Crippen molar-refractivity contribution in [2.45, 2.75) is 25.3 Å². The summed E-state index contributed by atoms with van der Waals surface area (Å²) in [5.41, 5.74) is 8.71. The summed E-state index contributed by atoms with van der Waals surface area (Å²) in [5, 5.41) is 19.2. The van der Waals surface area contributed by atoms with Gasteiger partial charge in [0.05, 0.1) is 4.47 Å². The fourth-order valence-corrected chi connectivity index (χ4v) is 3.12. The van der Waals surface area contributed by atoms with Gasteiger partial charge in [-0.05, 0) is 51.2 Å². The van der Waals surface area contributed by atoms with Crippen molar-refractivity contribution in [2.24, 2.45) is 5.73 Å². The third-order valence-corrected chi connectivity index (χ3v) is 4.66. The van der Waals surface area contributed by atoms with Crippen LogP contribution in [0.4, 0.5) is 0 Å². The summed E-state index contributed by atoms with van der Waals surface area (Å²) in [6, 6.07) is 13.5. The molecule has 4 N–H and O–H groups in total. The average molecular weight is 350 g/mol. The van der Waals surface area contributed by atoms with Gasteiger partial charge in [0.15, 0.2) is 0 Å². The number of hydrogen-bond acceptors (Lipinski definition) is 3. The van der Waals surface area contributed by atoms with Crippen LogP contribution in [0.5, 0.6) is 5.75 Å². The predicted molar refractivity (Wildman–Crippen MR) is 88.3 cm³/mol. The molecule has 0 aliphatic carbocycles. The standard InChI is InChI=1S/C17H20BrNO2/c1-17(8-9-20,13-6-7-16(21)15(18)10-13)14-5-3-2-4-12(14)11-19/h2-7,10,20-21H,8-9,11,19H2,1H3. The van der Waals surface area contributed by atoms with E-state index in [2.05, 4.69) is 28.9 Å². The lowest BCUT2D eigenvalue weighted by molar-refractivity contribution is 0.259. The van der Waals surface area contributed by atoms with E-state index in [9.17, 15) is 10.2 Å². The van der Waals surface area contributed by atoms with Crippen LogP contribution in [0.2, 0.25) is 0 Å². The Bertz CT molecular complexity index is 630. The Morgan fingerprint density at radius 3 is 2.52 bits per heavy atom. The van der Waals surface area contributed by atoms with E-state index in [0.29, 0.717) is 17.4 Å². The van der Waals surface area contributed by atoms with E-state index in [0.717, 1.165) is 16.7 Å². The van der Waals surface area contributed by atoms with Gasteiger partial charge in [-0.2, -0.15) is 0 Å². The number of hydrogen-bond donors (Lipinski definition) is 3. The maximum Gasteiger partial charge on any atom is 0.129 e. The number of aliphatic hydroxyl groups is 1. The molecule has 0 aliphatic heterocycles. The van der Waals surface area contributed by atoms with Crippen molar-refractivity contribution < 1.29 is 10.2 Å². The monoisotopic (exact) mass is 349 g/mol. The molecule has 0 spiro atoms. The third-order valence-electron chi connectivity index (χ3n) is 4.03. The fraction of sp³-hybridized carbons (Fsp3) is 0.294. The molecule has 0 amide bonds. The van der Waals surface area contributed by atoms with Crippen LogP contribution in [-0.4, -0.2) is 16.8 Å². The molecule has 1 unspecified atom stereocenters. The largest absolute Gasteiger partial charge is 0.507 e. The topological polar surface area (TPSA) is 66.5 Å². The van der Waals surface area contributed by atoms with Gasteiger partial charge in [0.2, 0.25) is 0 Å². The van der Waals surface area contributed by atoms with E-state index >= 15 is 0 Å². The molecular weight excluding hydrogens is 330 g/mol. The minimum absolute atomic E-state index is 0.0773. The molecule has 0 fully saturated rings. The highest BCUT2D eigenvalue weighted by Gasteiger charge is 2.30. The average Bonchev–Trinajstić information content (AvgIpc) is 2.50. The number of phenolic OH excluding ortho intramolecular Hbond substituents is 1. The van der Waals surface area contributed by atoms with Crippen molar-refractivity contribution in [3.63, 3.8) is 0 Å². The van der Waals surface area contributed by atoms with E-state index in [4.69, 9.17) is 5.73 Å². The molecule has 2 aromatic rings. The van der Waals surface area contributed by atoms with Crippen molar-refractivity contribution in [1.29, 1.82) is 0 Å². The summed E-state index contributed by atoms with van der Waals surface area (Å²) in [7, 11) is 0. The smallest absolute Gasteiger partial charge is 0.129 e. The fourth-order valence-electron chi connectivity index (χ4n) is 2.74. The zero-order chi connectivity index (χ0) is 15.5. The van der Waals surface area contributed by atoms with E-state index in [1.54, 1.807) is 6.07 Å². The lowest BCUT2D eigenvalue weighted by Crippen LogP contribution is -2.27. The number of nitrogens with two attached hydrogens (primary N) is 1. The van der Waals surface area contributed by atoms with Crippen molar-refractivity contribution in [1.82, 2.24) is 0 Å². The van der Waals surface area contributed by atoms with Crippen LogP contribution >= 0.6 is 15.9 Å². The summed E-state index contributed by atoms with van der Waals surface area (Å²) in [6.45, 7) is 2.63. The molecule has 0 radical (unpaired) electrons. The first-order chi connectivity index (χ1) is 10.0. The van der Waals surface area contributed by atoms with Crippen LogP contribution in [0.1, 0.15) is 30.0 Å². The normalized spacial score (nSPS) is 13.9. The maximum atomic E-state index is 9.69. The number of aliphatic hydroxyl groups excluding tert-OH is 1. The number of benzene rings is 2. The summed E-state index contributed by atoms with van der Waals surface area (Å²) < 4.78 is 0.648. The molecular formula is C17H20BrNO2. The molecule has 0 heterocycles. The Morgan fingerprint density at radius 2 is 1.90 bits per heavy atom. The highest BCUT2D eigenvalue weighted by molar-refractivity contribution is 9.10. The lowest BCUT2D eigenvalue weighted by Gasteiger charge is -2.32. The van der Waals surface area contributed by atoms with E-state index in [1.165, 1.54) is 0 Å². The minimum atomic E-state index is -0.360. The molecule has 1 atom stereocenters. The van der Waals surface area contributed by atoms with Gasteiger partial charge in [-0.15, -0.1) is 0 Å². The Morgan fingerprint density at radius 1 is 1.19 bits per heavy atom. The van der Waals surface area contributed by atoms with Gasteiger partial charge in [-0.1, -0.05) is 37.3 Å². The maximum absolute atomic E-state index is 9.69. The molecule has 112 valence electrons. The summed E-state index contributed by atoms with van der Waals surface area (Å²) in [5.74, 6) is 0.206. The first-order valence-electron chi connectivity index (χ1n) is 6.91. The quantitative estimate of drug-likeness (QED) is 0.775. The van der Waals surface area contributed by atoms with Gasteiger partial charge in [0, 0.05) is 18.6 Å². The van der Waals surface area contributed by atoms with Crippen LogP contribution < -0.4 is 5.73 Å². The zero-order valence-electron chi connectivity index (χ0n) is 12.0. The Labute approximate surface area is 133 Å². The molecule has 2 aromatic carbocycles. The molecule has 0 aromatic heterocycles. The van der Waals surface area contributed by atoms with E-state index < -0.39 is 0 Å². The number of rotatable bonds is 5. The summed E-state index contributed by atoms with van der Waals surface area (Å²) in [6.07, 6.45) is 0.585. The molecule has 0 saturated carbocycles. The van der Waals surface area contributed by atoms with Crippen LogP contribution in [0.3, 0.4) is 0 Å². The van der Waals surface area contributed by atoms with Crippen LogP contribution in [0, 0.1) is 0 Å². The molecule has 4 heteroatoms. The number of phenols is 1. The van der Waals surface area contributed by atoms with Gasteiger partial charge in [0.1, 0.15) is 5.75 Å². The first kappa shape index (κ1) is 16.0. The van der Waals surface area contributed by atoms with Gasteiger partial charge < -0.3 is 15.9 Å². The molecule has 21 heavy (non-hydrogen) atoms. The molecule has 0 bridgehead atoms. The van der Waals surface area contributed by atoms with Gasteiger partial charge in [-0.3, -0.25) is 0 Å². The highest BCUT2D eigenvalue weighted by Crippen LogP contribution is 2.39. The van der Waals surface area contributed by atoms with Crippen LogP contribution in [0.15, 0.2) is 46.9 Å². The SMILES string of the molecule is CC(CCO)(c1ccc(O)c(Br)c1)c1ccccc1CN. The van der Waals surface area contributed by atoms with Gasteiger partial charge >= 0.3 is 0 Å². The van der Waals surface area contributed by atoms with Crippen LogP contribution in [-0.2, 0) is 12.0 Å². The number of aromatic hydroxyl groups is 1. The molecule has 0 aliphatic rings.